The second-order valence-corrected chi connectivity index (χ2v) is 6.04. The highest BCUT2D eigenvalue weighted by Crippen LogP contribution is 2.28. The standard InChI is InChI=1S/C17H23N3O2/c1-19(2)12-14-13-6-3-4-7-15(13)22-16(14)17(21)20-10-5-8-18-9-11-20/h3-4,6-7,18H,5,8-12H2,1-2H3. The molecule has 1 fully saturated rings. The summed E-state index contributed by atoms with van der Waals surface area (Å²) in [5.41, 5.74) is 1.78. The number of nitrogens with one attached hydrogen (secondary N) is 1. The molecule has 0 atom stereocenters. The van der Waals surface area contributed by atoms with E-state index in [9.17, 15) is 4.79 Å². The number of hydrogen-bond donors (Lipinski definition) is 1. The number of rotatable bonds is 3. The van der Waals surface area contributed by atoms with Crippen molar-refractivity contribution in [2.75, 3.05) is 40.3 Å². The summed E-state index contributed by atoms with van der Waals surface area (Å²) in [7, 11) is 4.01. The van der Waals surface area contributed by atoms with Gasteiger partial charge in [0.2, 0.25) is 0 Å². The van der Waals surface area contributed by atoms with Crippen LogP contribution in [0.1, 0.15) is 22.5 Å². The third-order valence-electron chi connectivity index (χ3n) is 3.99. The van der Waals surface area contributed by atoms with Gasteiger partial charge in [-0.2, -0.15) is 0 Å². The number of carbonyl (C=O) groups is 1. The Balaban J connectivity index is 1.99. The lowest BCUT2D eigenvalue weighted by Gasteiger charge is -2.19. The number of carbonyl (C=O) groups excluding carboxylic acids is 1. The molecule has 2 heterocycles. The van der Waals surface area contributed by atoms with E-state index >= 15 is 0 Å². The van der Waals surface area contributed by atoms with Crippen LogP contribution < -0.4 is 5.32 Å². The van der Waals surface area contributed by atoms with E-state index in [1.54, 1.807) is 0 Å². The quantitative estimate of drug-likeness (QED) is 0.941. The first-order chi connectivity index (χ1) is 10.7. The van der Waals surface area contributed by atoms with E-state index in [0.29, 0.717) is 12.3 Å². The fourth-order valence-electron chi connectivity index (χ4n) is 2.94. The van der Waals surface area contributed by atoms with E-state index in [2.05, 4.69) is 10.2 Å². The number of benzene rings is 1. The monoisotopic (exact) mass is 301 g/mol. The molecular weight excluding hydrogens is 278 g/mol. The average molecular weight is 301 g/mol. The third-order valence-corrected chi connectivity index (χ3v) is 3.99. The Morgan fingerprint density at radius 2 is 2.09 bits per heavy atom. The summed E-state index contributed by atoms with van der Waals surface area (Å²) in [4.78, 5) is 16.9. The van der Waals surface area contributed by atoms with Crippen molar-refractivity contribution in [3.63, 3.8) is 0 Å². The first-order valence-corrected chi connectivity index (χ1v) is 7.82. The highest BCUT2D eigenvalue weighted by molar-refractivity contribution is 5.99. The second kappa shape index (κ2) is 6.50. The van der Waals surface area contributed by atoms with Gasteiger partial charge in [-0.1, -0.05) is 18.2 Å². The second-order valence-electron chi connectivity index (χ2n) is 6.04. The van der Waals surface area contributed by atoms with Gasteiger partial charge in [0.05, 0.1) is 0 Å². The van der Waals surface area contributed by atoms with Crippen LogP contribution in [0.25, 0.3) is 11.0 Å². The molecule has 1 aliphatic heterocycles. The number of para-hydroxylation sites is 1. The molecule has 118 valence electrons. The molecule has 1 aromatic carbocycles. The van der Waals surface area contributed by atoms with Gasteiger partial charge in [-0.3, -0.25) is 4.79 Å². The predicted octanol–water partition coefficient (Wildman–Crippen LogP) is 1.93. The Morgan fingerprint density at radius 3 is 2.91 bits per heavy atom. The highest BCUT2D eigenvalue weighted by Gasteiger charge is 2.25. The Kier molecular flexibility index (Phi) is 4.45. The summed E-state index contributed by atoms with van der Waals surface area (Å²) < 4.78 is 5.92. The minimum absolute atomic E-state index is 0.0109. The Morgan fingerprint density at radius 1 is 1.27 bits per heavy atom. The third kappa shape index (κ3) is 3.00. The number of nitrogens with zero attached hydrogens (tertiary/aromatic N) is 2. The van der Waals surface area contributed by atoms with Gasteiger partial charge < -0.3 is 19.5 Å². The summed E-state index contributed by atoms with van der Waals surface area (Å²) in [5.74, 6) is 0.508. The van der Waals surface area contributed by atoms with Crippen LogP contribution in [-0.4, -0.2) is 56.0 Å². The molecule has 0 radical (unpaired) electrons. The summed E-state index contributed by atoms with van der Waals surface area (Å²) in [6.45, 7) is 4.02. The minimum Gasteiger partial charge on any atom is -0.451 e. The van der Waals surface area contributed by atoms with Crippen LogP contribution >= 0.6 is 0 Å². The van der Waals surface area contributed by atoms with E-state index in [1.165, 1.54) is 0 Å². The molecular formula is C17H23N3O2. The molecule has 1 amide bonds. The first-order valence-electron chi connectivity index (χ1n) is 7.82. The van der Waals surface area contributed by atoms with Crippen molar-refractivity contribution in [1.29, 1.82) is 0 Å². The first kappa shape index (κ1) is 15.1. The number of furan rings is 1. The molecule has 1 aromatic heterocycles. The van der Waals surface area contributed by atoms with Crippen LogP contribution in [0.15, 0.2) is 28.7 Å². The summed E-state index contributed by atoms with van der Waals surface area (Å²) in [5, 5.41) is 4.36. The number of amides is 1. The maximum atomic E-state index is 12.9. The lowest BCUT2D eigenvalue weighted by Crippen LogP contribution is -2.34. The zero-order valence-corrected chi connectivity index (χ0v) is 13.3. The lowest BCUT2D eigenvalue weighted by atomic mass is 10.1. The minimum atomic E-state index is 0.0109. The number of fused-ring (bicyclic) bond motifs is 1. The van der Waals surface area contributed by atoms with E-state index in [4.69, 9.17) is 4.42 Å². The molecule has 5 heteroatoms. The average Bonchev–Trinajstić information content (AvgIpc) is 2.70. The molecule has 0 bridgehead atoms. The van der Waals surface area contributed by atoms with Crippen molar-refractivity contribution in [3.05, 3.63) is 35.6 Å². The normalized spacial score (nSPS) is 16.2. The van der Waals surface area contributed by atoms with Gasteiger partial charge in [-0.15, -0.1) is 0 Å². The summed E-state index contributed by atoms with van der Waals surface area (Å²) in [6.07, 6.45) is 0.981. The summed E-state index contributed by atoms with van der Waals surface area (Å²) >= 11 is 0. The predicted molar refractivity (Wildman–Crippen MR) is 87.0 cm³/mol. The van der Waals surface area contributed by atoms with Crippen molar-refractivity contribution < 1.29 is 9.21 Å². The molecule has 1 aliphatic rings. The number of hydrogen-bond acceptors (Lipinski definition) is 4. The van der Waals surface area contributed by atoms with Crippen molar-refractivity contribution in [3.8, 4) is 0 Å². The molecule has 1 saturated heterocycles. The topological polar surface area (TPSA) is 48.7 Å². The SMILES string of the molecule is CN(C)Cc1c(C(=O)N2CCCNCC2)oc2ccccc12. The van der Waals surface area contributed by atoms with Gasteiger partial charge in [0.1, 0.15) is 5.58 Å². The highest BCUT2D eigenvalue weighted by atomic mass is 16.3. The van der Waals surface area contributed by atoms with Crippen LogP contribution in [0.3, 0.4) is 0 Å². The molecule has 0 spiro atoms. The van der Waals surface area contributed by atoms with E-state index in [0.717, 1.165) is 49.1 Å². The molecule has 3 rings (SSSR count). The van der Waals surface area contributed by atoms with Crippen molar-refractivity contribution in [1.82, 2.24) is 15.1 Å². The molecule has 0 aliphatic carbocycles. The van der Waals surface area contributed by atoms with Crippen molar-refractivity contribution >= 4 is 16.9 Å². The Hall–Kier alpha value is -1.85. The van der Waals surface area contributed by atoms with Crippen LogP contribution in [0.5, 0.6) is 0 Å². The molecule has 5 nitrogen and oxygen atoms in total. The lowest BCUT2D eigenvalue weighted by molar-refractivity contribution is 0.0734. The van der Waals surface area contributed by atoms with Crippen LogP contribution in [0.4, 0.5) is 0 Å². The van der Waals surface area contributed by atoms with Gasteiger partial charge >= 0.3 is 0 Å². The largest absolute Gasteiger partial charge is 0.451 e. The van der Waals surface area contributed by atoms with Crippen LogP contribution in [-0.2, 0) is 6.54 Å². The maximum Gasteiger partial charge on any atom is 0.289 e. The molecule has 0 unspecified atom stereocenters. The smallest absolute Gasteiger partial charge is 0.289 e. The van der Waals surface area contributed by atoms with E-state index in [-0.39, 0.29) is 5.91 Å². The van der Waals surface area contributed by atoms with Gasteiger partial charge in [0.15, 0.2) is 5.76 Å². The van der Waals surface area contributed by atoms with Gasteiger partial charge in [-0.05, 0) is 33.1 Å². The summed E-state index contributed by atoms with van der Waals surface area (Å²) in [6, 6.07) is 7.88. The molecule has 22 heavy (non-hydrogen) atoms. The van der Waals surface area contributed by atoms with E-state index in [1.807, 2.05) is 43.3 Å². The van der Waals surface area contributed by atoms with Gasteiger partial charge in [0, 0.05) is 37.1 Å². The zero-order chi connectivity index (χ0) is 15.5. The molecule has 0 saturated carbocycles. The van der Waals surface area contributed by atoms with Crippen molar-refractivity contribution in [2.45, 2.75) is 13.0 Å². The Labute approximate surface area is 130 Å². The van der Waals surface area contributed by atoms with Crippen LogP contribution in [0, 0.1) is 0 Å². The van der Waals surface area contributed by atoms with Crippen molar-refractivity contribution in [2.24, 2.45) is 0 Å². The Bertz CT molecular complexity index is 655. The maximum absolute atomic E-state index is 12.9. The fourth-order valence-corrected chi connectivity index (χ4v) is 2.94. The molecule has 2 aromatic rings. The fraction of sp³-hybridized carbons (Fsp3) is 0.471. The van der Waals surface area contributed by atoms with Gasteiger partial charge in [0.25, 0.3) is 5.91 Å². The molecule has 1 N–H and O–H groups in total. The van der Waals surface area contributed by atoms with E-state index < -0.39 is 0 Å². The van der Waals surface area contributed by atoms with Crippen LogP contribution in [0.2, 0.25) is 0 Å². The zero-order valence-electron chi connectivity index (χ0n) is 13.3. The van der Waals surface area contributed by atoms with Gasteiger partial charge in [-0.25, -0.2) is 0 Å².